The lowest BCUT2D eigenvalue weighted by molar-refractivity contribution is -0.129. The van der Waals surface area contributed by atoms with Crippen molar-refractivity contribution in [1.82, 2.24) is 24.8 Å². The van der Waals surface area contributed by atoms with Gasteiger partial charge in [-0.3, -0.25) is 14.6 Å². The Labute approximate surface area is 230 Å². The van der Waals surface area contributed by atoms with Gasteiger partial charge in [-0.15, -0.1) is 0 Å². The summed E-state index contributed by atoms with van der Waals surface area (Å²) in [6, 6.07) is 14.9. The molecular weight excluding hydrogens is 513 g/mol. The van der Waals surface area contributed by atoms with Crippen molar-refractivity contribution in [2.45, 2.75) is 45.6 Å². The molecule has 1 aromatic carbocycles. The van der Waals surface area contributed by atoms with E-state index in [1.165, 1.54) is 33.2 Å². The molecule has 3 aromatic heterocycles. The molecule has 4 aromatic rings. The third-order valence-corrected chi connectivity index (χ3v) is 6.90. The van der Waals surface area contributed by atoms with Gasteiger partial charge >= 0.3 is 0 Å². The van der Waals surface area contributed by atoms with E-state index in [1.54, 1.807) is 21.5 Å². The van der Waals surface area contributed by atoms with E-state index in [4.69, 9.17) is 0 Å². The molecule has 204 valence electrons. The number of fused-ring (bicyclic) bond motifs is 2. The summed E-state index contributed by atoms with van der Waals surface area (Å²) < 4.78 is 16.0. The Morgan fingerprint density at radius 2 is 1.93 bits per heavy atom. The highest BCUT2D eigenvalue weighted by atomic mass is 19.1. The van der Waals surface area contributed by atoms with Gasteiger partial charge in [0.1, 0.15) is 12.2 Å². The number of amides is 2. The summed E-state index contributed by atoms with van der Waals surface area (Å²) in [5.41, 5.74) is 4.04. The van der Waals surface area contributed by atoms with E-state index >= 15 is 0 Å². The van der Waals surface area contributed by atoms with Crippen LogP contribution in [-0.4, -0.2) is 54.7 Å². The smallest absolute Gasteiger partial charge is 0.255 e. The molecule has 0 spiro atoms. The molecule has 11 heteroatoms. The van der Waals surface area contributed by atoms with Crippen LogP contribution in [-0.2, 0) is 17.9 Å². The number of carbonyl (C=O) groups is 2. The molecule has 1 aliphatic heterocycles. The molecular formula is C29H28FN7O3. The summed E-state index contributed by atoms with van der Waals surface area (Å²) in [6.45, 7) is 4.88. The predicted octanol–water partition coefficient (Wildman–Crippen LogP) is 3.71. The van der Waals surface area contributed by atoms with E-state index in [2.05, 4.69) is 26.8 Å². The van der Waals surface area contributed by atoms with Gasteiger partial charge in [-0.1, -0.05) is 6.07 Å². The Balaban J connectivity index is 1.50. The molecule has 0 radical (unpaired) electrons. The number of anilines is 2. The highest BCUT2D eigenvalue weighted by Gasteiger charge is 2.27. The summed E-state index contributed by atoms with van der Waals surface area (Å²) in [7, 11) is 0. The number of hydrogen-bond acceptors (Lipinski definition) is 7. The number of halogens is 1. The van der Waals surface area contributed by atoms with E-state index < -0.39 is 17.7 Å². The van der Waals surface area contributed by atoms with Crippen LogP contribution in [0.25, 0.3) is 16.9 Å². The van der Waals surface area contributed by atoms with Gasteiger partial charge in [0.05, 0.1) is 52.1 Å². The first kappa shape index (κ1) is 26.8. The van der Waals surface area contributed by atoms with Crippen LogP contribution in [0.15, 0.2) is 54.9 Å². The highest BCUT2D eigenvalue weighted by molar-refractivity contribution is 6.00. The van der Waals surface area contributed by atoms with Crippen molar-refractivity contribution in [3.8, 4) is 17.5 Å². The molecule has 0 bridgehead atoms. The summed E-state index contributed by atoms with van der Waals surface area (Å²) >= 11 is 0. The largest absolute Gasteiger partial charge is 0.387 e. The van der Waals surface area contributed by atoms with Gasteiger partial charge < -0.3 is 20.6 Å². The Morgan fingerprint density at radius 3 is 2.65 bits per heavy atom. The number of carbonyl (C=O) groups excluding carboxylic acids is 2. The molecule has 10 nitrogen and oxygen atoms in total. The zero-order valence-electron chi connectivity index (χ0n) is 22.3. The number of nitrogens with zero attached hydrogens (tertiary/aromatic N) is 5. The number of benzene rings is 1. The molecule has 1 aliphatic rings. The van der Waals surface area contributed by atoms with Crippen molar-refractivity contribution >= 4 is 28.7 Å². The fourth-order valence-electron chi connectivity index (χ4n) is 4.51. The van der Waals surface area contributed by atoms with Crippen LogP contribution in [0.3, 0.4) is 0 Å². The minimum absolute atomic E-state index is 0.00408. The molecule has 0 aliphatic carbocycles. The van der Waals surface area contributed by atoms with Crippen molar-refractivity contribution in [2.75, 3.05) is 11.9 Å². The maximum Gasteiger partial charge on any atom is 0.255 e. The van der Waals surface area contributed by atoms with E-state index in [0.29, 0.717) is 46.9 Å². The number of aliphatic hydroxyl groups is 1. The first-order valence-electron chi connectivity index (χ1n) is 12.7. The molecule has 0 saturated heterocycles. The van der Waals surface area contributed by atoms with Crippen LogP contribution in [0, 0.1) is 11.3 Å². The molecule has 0 unspecified atom stereocenters. The van der Waals surface area contributed by atoms with Crippen LogP contribution >= 0.6 is 0 Å². The minimum Gasteiger partial charge on any atom is -0.387 e. The molecule has 0 saturated carbocycles. The first-order valence-corrected chi connectivity index (χ1v) is 12.7. The maximum absolute atomic E-state index is 14.3. The van der Waals surface area contributed by atoms with Crippen molar-refractivity contribution in [3.05, 3.63) is 77.1 Å². The number of aromatic nitrogens is 3. The maximum atomic E-state index is 14.3. The van der Waals surface area contributed by atoms with Gasteiger partial charge in [0.25, 0.3) is 5.91 Å². The normalized spacial score (nSPS) is 13.6. The first-order chi connectivity index (χ1) is 19.0. The van der Waals surface area contributed by atoms with Gasteiger partial charge in [0.15, 0.2) is 0 Å². The van der Waals surface area contributed by atoms with E-state index in [0.717, 1.165) is 11.1 Å². The van der Waals surface area contributed by atoms with E-state index in [-0.39, 0.29) is 18.0 Å². The van der Waals surface area contributed by atoms with Crippen molar-refractivity contribution < 1.29 is 19.1 Å². The average molecular weight is 542 g/mol. The summed E-state index contributed by atoms with van der Waals surface area (Å²) in [5.74, 6) is -0.565. The molecule has 4 heterocycles. The quantitative estimate of drug-likeness (QED) is 0.325. The lowest BCUT2D eigenvalue weighted by Gasteiger charge is -2.22. The summed E-state index contributed by atoms with van der Waals surface area (Å²) in [6.07, 6.45) is 1.19. The summed E-state index contributed by atoms with van der Waals surface area (Å²) in [5, 5.41) is 29.3. The third kappa shape index (κ3) is 5.34. The number of nitriles is 1. The van der Waals surface area contributed by atoms with Crippen molar-refractivity contribution in [3.63, 3.8) is 0 Å². The van der Waals surface area contributed by atoms with Crippen LogP contribution in [0.5, 0.6) is 0 Å². The SMILES string of the molecule is CC(=O)N1Cc2ccc(Nc3cc(-c4ccc5cc(C#N)cnn45)ncc3C(=O)NC[C@@H](F)C(C)(C)O)cc2C1. The molecule has 5 rings (SSSR count). The van der Waals surface area contributed by atoms with Gasteiger partial charge in [0.2, 0.25) is 5.91 Å². The van der Waals surface area contributed by atoms with Gasteiger partial charge in [-0.25, -0.2) is 8.91 Å². The van der Waals surface area contributed by atoms with Crippen LogP contribution in [0.2, 0.25) is 0 Å². The second-order valence-electron chi connectivity index (χ2n) is 10.3. The highest BCUT2D eigenvalue weighted by Crippen LogP contribution is 2.31. The number of rotatable bonds is 7. The standard InChI is InChI=1S/C29H28FN7O3/c1-17(38)36-15-19-4-5-21(9-20(19)16-36)35-24-10-25(26-7-6-22-8-18(11-31)12-34-37(22)26)32-13-23(24)28(39)33-14-27(30)29(2,3)40/h4-10,12-13,27,40H,14-16H2,1-3H3,(H,32,35)(H,33,39)/t27-/m1/s1. The monoisotopic (exact) mass is 541 g/mol. The average Bonchev–Trinajstić information content (AvgIpc) is 3.54. The van der Waals surface area contributed by atoms with Gasteiger partial charge in [-0.05, 0) is 61.4 Å². The zero-order chi connectivity index (χ0) is 28.6. The second-order valence-corrected chi connectivity index (χ2v) is 10.3. The molecule has 0 fully saturated rings. The lowest BCUT2D eigenvalue weighted by atomic mass is 10.0. The molecule has 40 heavy (non-hydrogen) atoms. The van der Waals surface area contributed by atoms with Crippen molar-refractivity contribution in [1.29, 1.82) is 5.26 Å². The van der Waals surface area contributed by atoms with Crippen LogP contribution in [0.1, 0.15) is 47.8 Å². The Hall–Kier alpha value is -4.82. The van der Waals surface area contributed by atoms with Gasteiger partial charge in [0, 0.05) is 31.9 Å². The van der Waals surface area contributed by atoms with E-state index in [1.807, 2.05) is 30.3 Å². The van der Waals surface area contributed by atoms with E-state index in [9.17, 15) is 24.3 Å². The lowest BCUT2D eigenvalue weighted by Crippen LogP contribution is -2.42. The fraction of sp³-hybridized carbons (Fsp3) is 0.276. The number of nitrogens with one attached hydrogen (secondary N) is 2. The summed E-state index contributed by atoms with van der Waals surface area (Å²) in [4.78, 5) is 31.2. The number of pyridine rings is 1. The number of alkyl halides is 1. The predicted molar refractivity (Wildman–Crippen MR) is 146 cm³/mol. The Bertz CT molecular complexity index is 1670. The number of hydrogen-bond donors (Lipinski definition) is 3. The van der Waals surface area contributed by atoms with Crippen LogP contribution < -0.4 is 10.6 Å². The van der Waals surface area contributed by atoms with Crippen molar-refractivity contribution in [2.24, 2.45) is 0 Å². The van der Waals surface area contributed by atoms with Gasteiger partial charge in [-0.2, -0.15) is 10.4 Å². The fourth-order valence-corrected chi connectivity index (χ4v) is 4.51. The Kier molecular flexibility index (Phi) is 6.95. The second kappa shape index (κ2) is 10.4. The molecule has 1 atom stereocenters. The molecule has 2 amide bonds. The minimum atomic E-state index is -1.67. The Morgan fingerprint density at radius 1 is 1.15 bits per heavy atom. The zero-order valence-corrected chi connectivity index (χ0v) is 22.3. The third-order valence-electron chi connectivity index (χ3n) is 6.90. The topological polar surface area (TPSA) is 136 Å². The van der Waals surface area contributed by atoms with Crippen LogP contribution in [0.4, 0.5) is 15.8 Å². The molecule has 3 N–H and O–H groups in total.